The van der Waals surface area contributed by atoms with Crippen LogP contribution in [0.1, 0.15) is 26.3 Å². The second kappa shape index (κ2) is 4.78. The van der Waals surface area contributed by atoms with E-state index in [1.165, 1.54) is 6.92 Å². The molecule has 2 aliphatic rings. The van der Waals surface area contributed by atoms with E-state index in [9.17, 15) is 4.79 Å². The Balaban J connectivity index is 1.66. The highest BCUT2D eigenvalue weighted by molar-refractivity contribution is 6.33. The molecule has 0 unspecified atom stereocenters. The van der Waals surface area contributed by atoms with E-state index in [2.05, 4.69) is 15.0 Å². The molecule has 1 saturated heterocycles. The number of aromatic nitrogens is 4. The van der Waals surface area contributed by atoms with E-state index >= 15 is 0 Å². The summed E-state index contributed by atoms with van der Waals surface area (Å²) in [6.45, 7) is 3.80. The van der Waals surface area contributed by atoms with E-state index in [1.807, 2.05) is 11.5 Å². The Labute approximate surface area is 136 Å². The average Bonchev–Trinajstić information content (AvgIpc) is 2.86. The van der Waals surface area contributed by atoms with Gasteiger partial charge < -0.3 is 19.8 Å². The van der Waals surface area contributed by atoms with Crippen molar-refractivity contribution in [3.63, 3.8) is 0 Å². The topological polar surface area (TPSA) is 108 Å². The Morgan fingerprint density at radius 2 is 2.39 bits per heavy atom. The lowest BCUT2D eigenvalue weighted by Crippen LogP contribution is -2.23. The average molecular weight is 338 g/mol. The molecule has 2 aromatic heterocycles. The predicted octanol–water partition coefficient (Wildman–Crippen LogP) is 1.34. The van der Waals surface area contributed by atoms with Gasteiger partial charge in [-0.05, 0) is 13.3 Å². The van der Waals surface area contributed by atoms with Crippen LogP contribution in [0.25, 0.3) is 11.2 Å². The Bertz CT molecular complexity index is 809. The molecule has 9 heteroatoms. The molecule has 23 heavy (non-hydrogen) atoms. The summed E-state index contributed by atoms with van der Waals surface area (Å²) in [5, 5.41) is 0.236. The molecular formula is C14H16ClN5O3. The summed E-state index contributed by atoms with van der Waals surface area (Å²) in [5.74, 6) is -0.0404. The summed E-state index contributed by atoms with van der Waals surface area (Å²) < 4.78 is 13.0. The van der Waals surface area contributed by atoms with Crippen LogP contribution in [0.5, 0.6) is 0 Å². The van der Waals surface area contributed by atoms with Gasteiger partial charge in [0.2, 0.25) is 5.95 Å². The van der Waals surface area contributed by atoms with Crippen LogP contribution in [0, 0.1) is 5.92 Å². The van der Waals surface area contributed by atoms with Gasteiger partial charge in [-0.15, -0.1) is 0 Å². The van der Waals surface area contributed by atoms with Crippen LogP contribution in [0.4, 0.5) is 5.95 Å². The van der Waals surface area contributed by atoms with E-state index in [4.69, 9.17) is 26.8 Å². The van der Waals surface area contributed by atoms with E-state index < -0.39 is 0 Å². The molecular weight excluding hydrogens is 322 g/mol. The van der Waals surface area contributed by atoms with Crippen molar-refractivity contribution in [3.05, 3.63) is 11.5 Å². The van der Waals surface area contributed by atoms with Crippen LogP contribution in [0.3, 0.4) is 0 Å². The smallest absolute Gasteiger partial charge is 0.302 e. The quantitative estimate of drug-likeness (QED) is 0.511. The van der Waals surface area contributed by atoms with Crippen molar-refractivity contribution in [2.45, 2.75) is 38.0 Å². The molecule has 2 fully saturated rings. The van der Waals surface area contributed by atoms with Gasteiger partial charge in [-0.1, -0.05) is 11.6 Å². The van der Waals surface area contributed by atoms with Crippen molar-refractivity contribution in [2.24, 2.45) is 5.92 Å². The van der Waals surface area contributed by atoms with Crippen LogP contribution in [0.2, 0.25) is 5.15 Å². The minimum absolute atomic E-state index is 0.0374. The number of anilines is 1. The lowest BCUT2D eigenvalue weighted by molar-refractivity contribution is -0.143. The summed E-state index contributed by atoms with van der Waals surface area (Å²) in [5.41, 5.74) is 6.53. The Morgan fingerprint density at radius 3 is 3.13 bits per heavy atom. The SMILES string of the molecule is CC(=O)OC[C@H]1C[C@@H](n2cnc3c(Cl)nc(N)nc32)[C@H]2O[C@@]12C. The number of hydrogen-bond acceptors (Lipinski definition) is 7. The Kier molecular flexibility index (Phi) is 3.05. The number of esters is 1. The van der Waals surface area contributed by atoms with Gasteiger partial charge in [0.25, 0.3) is 0 Å². The number of ether oxygens (including phenoxy) is 2. The highest BCUT2D eigenvalue weighted by atomic mass is 35.5. The Hall–Kier alpha value is -1.93. The first-order valence-electron chi connectivity index (χ1n) is 7.37. The van der Waals surface area contributed by atoms with E-state index in [0.717, 1.165) is 6.42 Å². The van der Waals surface area contributed by atoms with Crippen LogP contribution in [0.15, 0.2) is 6.33 Å². The van der Waals surface area contributed by atoms with Gasteiger partial charge in [-0.25, -0.2) is 4.98 Å². The zero-order valence-corrected chi connectivity index (χ0v) is 13.4. The van der Waals surface area contributed by atoms with Crippen molar-refractivity contribution >= 4 is 34.7 Å². The molecule has 4 atom stereocenters. The van der Waals surface area contributed by atoms with Crippen LogP contribution < -0.4 is 5.73 Å². The zero-order chi connectivity index (χ0) is 16.4. The first-order chi connectivity index (χ1) is 10.9. The van der Waals surface area contributed by atoms with Gasteiger partial charge in [-0.3, -0.25) is 4.79 Å². The number of epoxide rings is 1. The van der Waals surface area contributed by atoms with Crippen molar-refractivity contribution in [3.8, 4) is 0 Å². The zero-order valence-electron chi connectivity index (χ0n) is 12.7. The number of carbonyl (C=O) groups excluding carboxylic acids is 1. The molecule has 1 aliphatic heterocycles. The minimum Gasteiger partial charge on any atom is -0.465 e. The lowest BCUT2D eigenvalue weighted by Gasteiger charge is -2.19. The first-order valence-corrected chi connectivity index (χ1v) is 7.74. The molecule has 2 aromatic rings. The highest BCUT2D eigenvalue weighted by Crippen LogP contribution is 2.58. The van der Waals surface area contributed by atoms with Gasteiger partial charge in [0.1, 0.15) is 17.2 Å². The van der Waals surface area contributed by atoms with E-state index in [-0.39, 0.29) is 40.7 Å². The fraction of sp³-hybridized carbons (Fsp3) is 0.571. The first kappa shape index (κ1) is 14.6. The largest absolute Gasteiger partial charge is 0.465 e. The fourth-order valence-electron chi connectivity index (χ4n) is 3.53. The monoisotopic (exact) mass is 337 g/mol. The lowest BCUT2D eigenvalue weighted by atomic mass is 9.98. The number of halogens is 1. The van der Waals surface area contributed by atoms with Crippen LogP contribution in [-0.4, -0.2) is 43.8 Å². The molecule has 1 aliphatic carbocycles. The number of nitrogens with two attached hydrogens (primary N) is 1. The van der Waals surface area contributed by atoms with Gasteiger partial charge in [0, 0.05) is 12.8 Å². The van der Waals surface area contributed by atoms with Crippen molar-refractivity contribution in [1.29, 1.82) is 0 Å². The van der Waals surface area contributed by atoms with Crippen molar-refractivity contribution in [1.82, 2.24) is 19.5 Å². The number of nitrogen functional groups attached to an aromatic ring is 1. The molecule has 1 saturated carbocycles. The minimum atomic E-state index is -0.283. The predicted molar refractivity (Wildman–Crippen MR) is 81.8 cm³/mol. The molecule has 8 nitrogen and oxygen atoms in total. The number of fused-ring (bicyclic) bond motifs is 2. The molecule has 0 spiro atoms. The molecule has 0 amide bonds. The normalized spacial score (nSPS) is 32.0. The second-order valence-corrected chi connectivity index (χ2v) is 6.58. The van der Waals surface area contributed by atoms with Crippen LogP contribution in [-0.2, 0) is 14.3 Å². The number of rotatable bonds is 3. The van der Waals surface area contributed by atoms with Crippen LogP contribution >= 0.6 is 11.6 Å². The number of nitrogens with zero attached hydrogens (tertiary/aromatic N) is 4. The number of carbonyl (C=O) groups is 1. The van der Waals surface area contributed by atoms with Crippen molar-refractivity contribution < 1.29 is 14.3 Å². The second-order valence-electron chi connectivity index (χ2n) is 6.22. The molecule has 122 valence electrons. The summed E-state index contributed by atoms with van der Waals surface area (Å²) >= 11 is 6.07. The molecule has 4 rings (SSSR count). The van der Waals surface area contributed by atoms with E-state index in [0.29, 0.717) is 17.8 Å². The number of imidazole rings is 1. The maximum absolute atomic E-state index is 11.1. The third-order valence-corrected chi connectivity index (χ3v) is 5.08. The van der Waals surface area contributed by atoms with Crippen molar-refractivity contribution in [2.75, 3.05) is 12.3 Å². The van der Waals surface area contributed by atoms with Gasteiger partial charge >= 0.3 is 5.97 Å². The third kappa shape index (κ3) is 2.16. The summed E-state index contributed by atoms with van der Waals surface area (Å²) in [6.07, 6.45) is 2.53. The van der Waals surface area contributed by atoms with Gasteiger partial charge in [-0.2, -0.15) is 9.97 Å². The summed E-state index contributed by atoms with van der Waals surface area (Å²) in [4.78, 5) is 23.5. The molecule has 2 N–H and O–H groups in total. The van der Waals surface area contributed by atoms with Gasteiger partial charge in [0.15, 0.2) is 10.8 Å². The summed E-state index contributed by atoms with van der Waals surface area (Å²) in [6, 6.07) is 0.0518. The standard InChI is InChI=1S/C14H16ClN5O3/c1-6(21)22-4-7-3-8(10-14(7,2)23-10)20-5-17-9-11(15)18-13(16)19-12(9)20/h5,7-8,10H,3-4H2,1-2H3,(H2,16,18,19)/t7-,8-,10-,14+/m1/s1. The molecule has 0 radical (unpaired) electrons. The van der Waals surface area contributed by atoms with Gasteiger partial charge in [0.05, 0.1) is 19.0 Å². The highest BCUT2D eigenvalue weighted by Gasteiger charge is 2.67. The maximum Gasteiger partial charge on any atom is 0.302 e. The molecule has 0 bridgehead atoms. The molecule has 0 aromatic carbocycles. The maximum atomic E-state index is 11.1. The molecule has 3 heterocycles. The third-order valence-electron chi connectivity index (χ3n) is 4.82. The fourth-order valence-corrected chi connectivity index (χ4v) is 3.75. The number of hydrogen-bond donors (Lipinski definition) is 1. The van der Waals surface area contributed by atoms with E-state index in [1.54, 1.807) is 6.33 Å². The Morgan fingerprint density at radius 1 is 1.61 bits per heavy atom. The summed E-state index contributed by atoms with van der Waals surface area (Å²) in [7, 11) is 0.